The van der Waals surface area contributed by atoms with Gasteiger partial charge in [-0.3, -0.25) is 14.9 Å². The standard InChI is InChI=1S/C16H19N5O3.ClH/c1-17-11-14-3-2-9-19(14)16(22)15-8-10-20(18-15)12-4-6-13(7-5-12)21(23)24;/h4-8,10,14,17H,2-3,9,11H2,1H3;1H. The maximum absolute atomic E-state index is 12.7. The number of likely N-dealkylation sites (tertiary alicyclic amines) is 1. The van der Waals surface area contributed by atoms with Crippen LogP contribution in [-0.4, -0.2) is 51.7 Å². The second-order valence-electron chi connectivity index (χ2n) is 5.77. The predicted octanol–water partition coefficient (Wildman–Crippen LogP) is 2.03. The zero-order chi connectivity index (χ0) is 17.1. The van der Waals surface area contributed by atoms with Crippen LogP contribution in [-0.2, 0) is 0 Å². The predicted molar refractivity (Wildman–Crippen MR) is 95.5 cm³/mol. The van der Waals surface area contributed by atoms with Crippen LogP contribution in [0.5, 0.6) is 0 Å². The minimum absolute atomic E-state index is 0. The van der Waals surface area contributed by atoms with Gasteiger partial charge in [0, 0.05) is 37.5 Å². The number of benzene rings is 1. The maximum atomic E-state index is 12.7. The van der Waals surface area contributed by atoms with E-state index >= 15 is 0 Å². The number of aromatic nitrogens is 2. The van der Waals surface area contributed by atoms with E-state index in [-0.39, 0.29) is 30.0 Å². The summed E-state index contributed by atoms with van der Waals surface area (Å²) in [6.07, 6.45) is 3.69. The fourth-order valence-electron chi connectivity index (χ4n) is 3.01. The highest BCUT2D eigenvalue weighted by molar-refractivity contribution is 5.92. The molecule has 9 heteroatoms. The molecule has 1 atom stereocenters. The Morgan fingerprint density at radius 3 is 2.72 bits per heavy atom. The number of likely N-dealkylation sites (N-methyl/N-ethyl adjacent to an activating group) is 1. The van der Waals surface area contributed by atoms with E-state index in [1.54, 1.807) is 29.1 Å². The number of non-ortho nitro benzene ring substituents is 1. The molecular formula is C16H20ClN5O3. The molecule has 1 aromatic heterocycles. The van der Waals surface area contributed by atoms with Crippen LogP contribution in [0.15, 0.2) is 36.5 Å². The van der Waals surface area contributed by atoms with Crippen molar-refractivity contribution in [3.8, 4) is 5.69 Å². The van der Waals surface area contributed by atoms with E-state index in [4.69, 9.17) is 0 Å². The van der Waals surface area contributed by atoms with Gasteiger partial charge in [0.25, 0.3) is 11.6 Å². The number of nitrogens with zero attached hydrogens (tertiary/aromatic N) is 4. The van der Waals surface area contributed by atoms with Gasteiger partial charge in [0.05, 0.1) is 10.6 Å². The van der Waals surface area contributed by atoms with Crippen molar-refractivity contribution >= 4 is 24.0 Å². The lowest BCUT2D eigenvalue weighted by molar-refractivity contribution is -0.384. The molecule has 1 unspecified atom stereocenters. The number of rotatable bonds is 5. The van der Waals surface area contributed by atoms with Crippen LogP contribution in [0.2, 0.25) is 0 Å². The number of nitro benzene ring substituents is 1. The number of nitrogens with one attached hydrogen (secondary N) is 1. The van der Waals surface area contributed by atoms with Crippen molar-refractivity contribution in [1.29, 1.82) is 0 Å². The molecule has 1 aliphatic heterocycles. The first-order valence-corrected chi connectivity index (χ1v) is 7.86. The van der Waals surface area contributed by atoms with Gasteiger partial charge in [-0.1, -0.05) is 0 Å². The van der Waals surface area contributed by atoms with Crippen LogP contribution in [0.3, 0.4) is 0 Å². The van der Waals surface area contributed by atoms with Crippen molar-refractivity contribution in [1.82, 2.24) is 20.0 Å². The molecular weight excluding hydrogens is 346 g/mol. The fraction of sp³-hybridized carbons (Fsp3) is 0.375. The Labute approximate surface area is 151 Å². The lowest BCUT2D eigenvalue weighted by Crippen LogP contribution is -2.41. The van der Waals surface area contributed by atoms with E-state index in [1.807, 2.05) is 11.9 Å². The van der Waals surface area contributed by atoms with Crippen LogP contribution in [0.25, 0.3) is 5.69 Å². The highest BCUT2D eigenvalue weighted by Crippen LogP contribution is 2.20. The van der Waals surface area contributed by atoms with Crippen molar-refractivity contribution in [3.63, 3.8) is 0 Å². The first kappa shape index (κ1) is 18.9. The Kier molecular flexibility index (Phi) is 6.11. The monoisotopic (exact) mass is 365 g/mol. The zero-order valence-electron chi connectivity index (χ0n) is 13.8. The van der Waals surface area contributed by atoms with Gasteiger partial charge in [-0.15, -0.1) is 12.4 Å². The van der Waals surface area contributed by atoms with E-state index in [9.17, 15) is 14.9 Å². The number of carbonyl (C=O) groups is 1. The first-order valence-electron chi connectivity index (χ1n) is 7.86. The molecule has 1 aromatic carbocycles. The third-order valence-corrected chi connectivity index (χ3v) is 4.21. The molecule has 8 nitrogen and oxygen atoms in total. The molecule has 2 heterocycles. The van der Waals surface area contributed by atoms with Crippen molar-refractivity contribution in [2.24, 2.45) is 0 Å². The number of halogens is 1. The van der Waals surface area contributed by atoms with Gasteiger partial charge in [0.15, 0.2) is 5.69 Å². The number of carbonyl (C=O) groups excluding carboxylic acids is 1. The van der Waals surface area contributed by atoms with Crippen molar-refractivity contribution in [2.75, 3.05) is 20.1 Å². The average Bonchev–Trinajstić information content (AvgIpc) is 3.24. The smallest absolute Gasteiger partial charge is 0.274 e. The van der Waals surface area contributed by atoms with Crippen LogP contribution >= 0.6 is 12.4 Å². The van der Waals surface area contributed by atoms with Crippen LogP contribution in [0.1, 0.15) is 23.3 Å². The summed E-state index contributed by atoms with van der Waals surface area (Å²) in [5.74, 6) is -0.0755. The summed E-state index contributed by atoms with van der Waals surface area (Å²) in [4.78, 5) is 24.8. The Hall–Kier alpha value is -2.45. The van der Waals surface area contributed by atoms with E-state index in [2.05, 4.69) is 10.4 Å². The summed E-state index contributed by atoms with van der Waals surface area (Å²) in [5, 5.41) is 18.1. The lowest BCUT2D eigenvalue weighted by Gasteiger charge is -2.23. The SMILES string of the molecule is CNCC1CCCN1C(=O)c1ccn(-c2ccc([N+](=O)[O-])cc2)n1.Cl. The lowest BCUT2D eigenvalue weighted by atomic mass is 10.2. The Morgan fingerprint density at radius 1 is 1.36 bits per heavy atom. The molecule has 1 N–H and O–H groups in total. The average molecular weight is 366 g/mol. The second kappa shape index (κ2) is 8.09. The van der Waals surface area contributed by atoms with Gasteiger partial charge < -0.3 is 10.2 Å². The largest absolute Gasteiger partial charge is 0.333 e. The van der Waals surface area contributed by atoms with Crippen LogP contribution in [0.4, 0.5) is 5.69 Å². The van der Waals surface area contributed by atoms with E-state index in [0.717, 1.165) is 25.9 Å². The zero-order valence-corrected chi connectivity index (χ0v) is 14.6. The highest BCUT2D eigenvalue weighted by atomic mass is 35.5. The molecule has 134 valence electrons. The Balaban J connectivity index is 0.00000225. The summed E-state index contributed by atoms with van der Waals surface area (Å²) in [6, 6.07) is 7.94. The van der Waals surface area contributed by atoms with Crippen molar-refractivity contribution in [3.05, 3.63) is 52.3 Å². The normalized spacial score (nSPS) is 16.5. The Bertz CT molecular complexity index is 746. The summed E-state index contributed by atoms with van der Waals surface area (Å²) in [6.45, 7) is 1.52. The molecule has 1 saturated heterocycles. The van der Waals surface area contributed by atoms with Crippen LogP contribution < -0.4 is 5.32 Å². The summed E-state index contributed by atoms with van der Waals surface area (Å²) >= 11 is 0. The second-order valence-corrected chi connectivity index (χ2v) is 5.77. The van der Waals surface area contributed by atoms with Gasteiger partial charge in [0.1, 0.15) is 0 Å². The first-order chi connectivity index (χ1) is 11.6. The molecule has 1 aliphatic rings. The molecule has 3 rings (SSSR count). The number of nitro groups is 1. The van der Waals surface area contributed by atoms with E-state index in [0.29, 0.717) is 11.4 Å². The molecule has 1 amide bonds. The molecule has 0 aliphatic carbocycles. The topological polar surface area (TPSA) is 93.3 Å². The minimum atomic E-state index is -0.447. The summed E-state index contributed by atoms with van der Waals surface area (Å²) in [7, 11) is 1.88. The van der Waals surface area contributed by atoms with Gasteiger partial charge in [-0.05, 0) is 38.1 Å². The summed E-state index contributed by atoms with van der Waals surface area (Å²) in [5.41, 5.74) is 1.08. The van der Waals surface area contributed by atoms with E-state index in [1.165, 1.54) is 12.1 Å². The molecule has 0 bridgehead atoms. The molecule has 0 spiro atoms. The van der Waals surface area contributed by atoms with Gasteiger partial charge >= 0.3 is 0 Å². The fourth-order valence-corrected chi connectivity index (χ4v) is 3.01. The van der Waals surface area contributed by atoms with Crippen molar-refractivity contribution in [2.45, 2.75) is 18.9 Å². The van der Waals surface area contributed by atoms with Gasteiger partial charge in [-0.25, -0.2) is 4.68 Å². The third kappa shape index (κ3) is 3.97. The molecule has 0 saturated carbocycles. The molecule has 0 radical (unpaired) electrons. The number of amides is 1. The minimum Gasteiger partial charge on any atom is -0.333 e. The summed E-state index contributed by atoms with van der Waals surface area (Å²) < 4.78 is 1.56. The molecule has 25 heavy (non-hydrogen) atoms. The van der Waals surface area contributed by atoms with Crippen molar-refractivity contribution < 1.29 is 9.72 Å². The van der Waals surface area contributed by atoms with E-state index < -0.39 is 4.92 Å². The molecule has 2 aromatic rings. The maximum Gasteiger partial charge on any atom is 0.274 e. The van der Waals surface area contributed by atoms with Gasteiger partial charge in [0.2, 0.25) is 0 Å². The van der Waals surface area contributed by atoms with Gasteiger partial charge in [-0.2, -0.15) is 5.10 Å². The quantitative estimate of drug-likeness (QED) is 0.646. The number of hydrogen-bond donors (Lipinski definition) is 1. The molecule has 1 fully saturated rings. The highest BCUT2D eigenvalue weighted by Gasteiger charge is 2.30. The Morgan fingerprint density at radius 2 is 2.08 bits per heavy atom. The van der Waals surface area contributed by atoms with Crippen LogP contribution in [0, 0.1) is 10.1 Å². The number of hydrogen-bond acceptors (Lipinski definition) is 5. The third-order valence-electron chi connectivity index (χ3n) is 4.21.